The van der Waals surface area contributed by atoms with Crippen molar-refractivity contribution in [1.82, 2.24) is 5.32 Å². The molecular weight excluding hydrogens is 274 g/mol. The second-order valence-electron chi connectivity index (χ2n) is 5.61. The molecule has 0 radical (unpaired) electrons. The van der Waals surface area contributed by atoms with Gasteiger partial charge in [-0.15, -0.1) is 0 Å². The van der Waals surface area contributed by atoms with Gasteiger partial charge in [0.05, 0.1) is 5.75 Å². The summed E-state index contributed by atoms with van der Waals surface area (Å²) < 4.78 is 26.5. The Balaban J connectivity index is 1.63. The zero-order chi connectivity index (χ0) is 14.0. The van der Waals surface area contributed by atoms with Gasteiger partial charge in [0.1, 0.15) is 0 Å². The second-order valence-corrected chi connectivity index (χ2v) is 7.38. The van der Waals surface area contributed by atoms with E-state index in [2.05, 4.69) is 14.9 Å². The lowest BCUT2D eigenvalue weighted by atomic mass is 10.2. The fourth-order valence-electron chi connectivity index (χ4n) is 2.48. The SMILES string of the molecule is O=S(=O)(CC1CC1)Nc1ccc(N2CCNCC2)cc1. The molecule has 0 bridgehead atoms. The van der Waals surface area contributed by atoms with Crippen molar-refractivity contribution in [1.29, 1.82) is 0 Å². The highest BCUT2D eigenvalue weighted by Gasteiger charge is 2.27. The summed E-state index contributed by atoms with van der Waals surface area (Å²) in [6.07, 6.45) is 2.09. The van der Waals surface area contributed by atoms with Gasteiger partial charge in [0.15, 0.2) is 0 Å². The highest BCUT2D eigenvalue weighted by atomic mass is 32.2. The first-order chi connectivity index (χ1) is 9.62. The average molecular weight is 295 g/mol. The van der Waals surface area contributed by atoms with E-state index in [-0.39, 0.29) is 5.75 Å². The topological polar surface area (TPSA) is 61.4 Å². The van der Waals surface area contributed by atoms with Crippen LogP contribution < -0.4 is 14.9 Å². The second kappa shape index (κ2) is 5.61. The van der Waals surface area contributed by atoms with Crippen LogP contribution in [0.4, 0.5) is 11.4 Å². The van der Waals surface area contributed by atoms with Crippen LogP contribution in [0.1, 0.15) is 12.8 Å². The summed E-state index contributed by atoms with van der Waals surface area (Å²) in [4.78, 5) is 2.30. The van der Waals surface area contributed by atoms with Crippen LogP contribution in [0.3, 0.4) is 0 Å². The fraction of sp³-hybridized carbons (Fsp3) is 0.571. The van der Waals surface area contributed by atoms with Crippen molar-refractivity contribution in [3.63, 3.8) is 0 Å². The van der Waals surface area contributed by atoms with Crippen molar-refractivity contribution >= 4 is 21.4 Å². The van der Waals surface area contributed by atoms with Crippen LogP contribution in [0.5, 0.6) is 0 Å². The van der Waals surface area contributed by atoms with Crippen LogP contribution in [0.25, 0.3) is 0 Å². The van der Waals surface area contributed by atoms with Crippen molar-refractivity contribution in [2.75, 3.05) is 41.6 Å². The highest BCUT2D eigenvalue weighted by molar-refractivity contribution is 7.92. The van der Waals surface area contributed by atoms with E-state index >= 15 is 0 Å². The first kappa shape index (κ1) is 13.7. The van der Waals surface area contributed by atoms with Gasteiger partial charge in [0.2, 0.25) is 10.0 Å². The minimum absolute atomic E-state index is 0.256. The third-order valence-corrected chi connectivity index (χ3v) is 5.23. The third kappa shape index (κ3) is 3.64. The van der Waals surface area contributed by atoms with Crippen LogP contribution in [-0.2, 0) is 10.0 Å². The molecule has 1 saturated carbocycles. The van der Waals surface area contributed by atoms with Crippen LogP contribution in [-0.4, -0.2) is 40.3 Å². The molecule has 0 unspecified atom stereocenters. The zero-order valence-corrected chi connectivity index (χ0v) is 12.3. The van der Waals surface area contributed by atoms with E-state index in [0.29, 0.717) is 11.6 Å². The minimum Gasteiger partial charge on any atom is -0.369 e. The summed E-state index contributed by atoms with van der Waals surface area (Å²) in [5.41, 5.74) is 1.81. The molecule has 2 aliphatic rings. The van der Waals surface area contributed by atoms with Gasteiger partial charge in [-0.25, -0.2) is 8.42 Å². The molecular formula is C14H21N3O2S. The Morgan fingerprint density at radius 3 is 2.40 bits per heavy atom. The number of sulfonamides is 1. The zero-order valence-electron chi connectivity index (χ0n) is 11.5. The van der Waals surface area contributed by atoms with Gasteiger partial charge in [-0.2, -0.15) is 0 Å². The maximum Gasteiger partial charge on any atom is 0.232 e. The summed E-state index contributed by atoms with van der Waals surface area (Å²) in [6.45, 7) is 3.98. The van der Waals surface area contributed by atoms with E-state index in [1.54, 1.807) is 0 Å². The highest BCUT2D eigenvalue weighted by Crippen LogP contribution is 2.30. The number of nitrogens with one attached hydrogen (secondary N) is 2. The van der Waals surface area contributed by atoms with Crippen molar-refractivity contribution in [3.05, 3.63) is 24.3 Å². The van der Waals surface area contributed by atoms with Crippen LogP contribution in [0, 0.1) is 5.92 Å². The Bertz CT molecular complexity index is 546. The average Bonchev–Trinajstić information content (AvgIpc) is 3.23. The predicted molar refractivity (Wildman–Crippen MR) is 81.7 cm³/mol. The van der Waals surface area contributed by atoms with Crippen LogP contribution in [0.15, 0.2) is 24.3 Å². The van der Waals surface area contributed by atoms with Gasteiger partial charge in [-0.05, 0) is 43.0 Å². The molecule has 1 aliphatic carbocycles. The van der Waals surface area contributed by atoms with Gasteiger partial charge in [0.25, 0.3) is 0 Å². The maximum absolute atomic E-state index is 11.9. The molecule has 2 fully saturated rings. The van der Waals surface area contributed by atoms with Crippen LogP contribution in [0.2, 0.25) is 0 Å². The molecule has 1 aliphatic heterocycles. The summed E-state index contributed by atoms with van der Waals surface area (Å²) in [5.74, 6) is 0.625. The van der Waals surface area contributed by atoms with Gasteiger partial charge in [0, 0.05) is 37.6 Å². The molecule has 0 aromatic heterocycles. The van der Waals surface area contributed by atoms with E-state index in [0.717, 1.165) is 44.7 Å². The number of benzene rings is 1. The van der Waals surface area contributed by atoms with E-state index in [4.69, 9.17) is 0 Å². The Kier molecular flexibility index (Phi) is 3.85. The molecule has 20 heavy (non-hydrogen) atoms. The maximum atomic E-state index is 11.9. The molecule has 2 N–H and O–H groups in total. The first-order valence-electron chi connectivity index (χ1n) is 7.19. The lowest BCUT2D eigenvalue weighted by Gasteiger charge is -2.29. The summed E-state index contributed by atoms with van der Waals surface area (Å²) in [6, 6.07) is 7.67. The van der Waals surface area contributed by atoms with E-state index in [1.165, 1.54) is 0 Å². The minimum atomic E-state index is -3.18. The van der Waals surface area contributed by atoms with E-state index in [1.807, 2.05) is 24.3 Å². The molecule has 110 valence electrons. The monoisotopic (exact) mass is 295 g/mol. The Labute approximate surface area is 120 Å². The standard InChI is InChI=1S/C14H21N3O2S/c18-20(19,11-12-1-2-12)16-13-3-5-14(6-4-13)17-9-7-15-8-10-17/h3-6,12,15-16H,1-2,7-11H2. The fourth-order valence-corrected chi connectivity index (χ4v) is 4.01. The molecule has 0 amide bonds. The van der Waals surface area contributed by atoms with Crippen molar-refractivity contribution in [2.45, 2.75) is 12.8 Å². The van der Waals surface area contributed by atoms with E-state index < -0.39 is 10.0 Å². The van der Waals surface area contributed by atoms with Gasteiger partial charge in [-0.3, -0.25) is 4.72 Å². The normalized spacial score (nSPS) is 19.9. The molecule has 0 atom stereocenters. The Morgan fingerprint density at radius 2 is 1.80 bits per heavy atom. The van der Waals surface area contributed by atoms with Crippen LogP contribution >= 0.6 is 0 Å². The molecule has 1 heterocycles. The molecule has 1 aromatic carbocycles. The number of hydrogen-bond donors (Lipinski definition) is 2. The molecule has 1 saturated heterocycles. The summed E-state index contributed by atoms with van der Waals surface area (Å²) in [5, 5.41) is 3.32. The third-order valence-electron chi connectivity index (χ3n) is 3.77. The molecule has 0 spiro atoms. The Morgan fingerprint density at radius 1 is 1.15 bits per heavy atom. The van der Waals surface area contributed by atoms with E-state index in [9.17, 15) is 8.42 Å². The Hall–Kier alpha value is -1.27. The smallest absolute Gasteiger partial charge is 0.232 e. The largest absolute Gasteiger partial charge is 0.369 e. The summed E-state index contributed by atoms with van der Waals surface area (Å²) in [7, 11) is -3.18. The number of anilines is 2. The molecule has 1 aromatic rings. The molecule has 5 nitrogen and oxygen atoms in total. The number of rotatable bonds is 5. The predicted octanol–water partition coefficient (Wildman–Crippen LogP) is 1.25. The first-order valence-corrected chi connectivity index (χ1v) is 8.84. The van der Waals surface area contributed by atoms with Gasteiger partial charge < -0.3 is 10.2 Å². The molecule has 3 rings (SSSR count). The number of hydrogen-bond acceptors (Lipinski definition) is 4. The van der Waals surface area contributed by atoms with Gasteiger partial charge in [-0.1, -0.05) is 0 Å². The summed E-state index contributed by atoms with van der Waals surface area (Å²) >= 11 is 0. The molecule has 6 heteroatoms. The number of nitrogens with zero attached hydrogens (tertiary/aromatic N) is 1. The lowest BCUT2D eigenvalue weighted by molar-refractivity contribution is 0.589. The lowest BCUT2D eigenvalue weighted by Crippen LogP contribution is -2.43. The van der Waals surface area contributed by atoms with Crippen molar-refractivity contribution in [2.24, 2.45) is 5.92 Å². The van der Waals surface area contributed by atoms with Crippen molar-refractivity contribution in [3.8, 4) is 0 Å². The van der Waals surface area contributed by atoms with Gasteiger partial charge >= 0.3 is 0 Å². The quantitative estimate of drug-likeness (QED) is 0.858. The number of piperazine rings is 1. The van der Waals surface area contributed by atoms with Crippen molar-refractivity contribution < 1.29 is 8.42 Å².